The number of carbonyl (C=O) groups excluding carboxylic acids is 7. The van der Waals surface area contributed by atoms with E-state index in [1.165, 1.54) is 30.8 Å². The second-order valence-corrected chi connectivity index (χ2v) is 17.9. The van der Waals surface area contributed by atoms with Crippen LogP contribution < -0.4 is 16.0 Å². The normalized spacial score (nSPS) is 25.1. The lowest BCUT2D eigenvalue weighted by molar-refractivity contribution is -0.248. The molecule has 7 amide bonds. The SMILES string of the molecule is CC[C@H]1NC(=O)[C@H](Cc2cc(Cl)ccc2Cl)N(C)C(=O)[C@H](CC(C)C)NC(=O)[C@@H](N(C)C(=O)[C@H](C)NC(=O)[C@@H]2CCCN2C(=O)C2(C(F)(F)F)CCC2)CCCCN(C)C1=O. The monoisotopic (exact) mass is 901 g/mol. The molecule has 61 heavy (non-hydrogen) atoms. The molecule has 0 spiro atoms. The van der Waals surface area contributed by atoms with Gasteiger partial charge in [0.2, 0.25) is 41.4 Å². The van der Waals surface area contributed by atoms with Gasteiger partial charge in [0, 0.05) is 50.7 Å². The number of nitrogens with one attached hydrogen (secondary N) is 3. The average Bonchev–Trinajstić information content (AvgIpc) is 3.67. The van der Waals surface area contributed by atoms with Crippen molar-refractivity contribution in [1.82, 2.24) is 35.6 Å². The molecule has 3 fully saturated rings. The van der Waals surface area contributed by atoms with Gasteiger partial charge in [-0.3, -0.25) is 33.6 Å². The Kier molecular flexibility index (Phi) is 16.9. The Balaban J connectivity index is 1.61. The number of likely N-dealkylation sites (tertiary alicyclic amines) is 1. The molecule has 0 bridgehead atoms. The highest BCUT2D eigenvalue weighted by molar-refractivity contribution is 6.33. The van der Waals surface area contributed by atoms with Crippen molar-refractivity contribution in [1.29, 1.82) is 0 Å². The Morgan fingerprint density at radius 3 is 2.16 bits per heavy atom. The number of halogens is 5. The van der Waals surface area contributed by atoms with Crippen molar-refractivity contribution in [3.8, 4) is 0 Å². The zero-order valence-electron chi connectivity index (χ0n) is 36.0. The summed E-state index contributed by atoms with van der Waals surface area (Å²) in [5.74, 6) is -4.97. The number of benzene rings is 1. The van der Waals surface area contributed by atoms with Gasteiger partial charge in [0.1, 0.15) is 41.7 Å². The number of hydrogen-bond acceptors (Lipinski definition) is 7. The van der Waals surface area contributed by atoms with Crippen molar-refractivity contribution in [2.75, 3.05) is 34.2 Å². The van der Waals surface area contributed by atoms with Crippen molar-refractivity contribution < 1.29 is 46.7 Å². The lowest BCUT2D eigenvalue weighted by Crippen LogP contribution is -2.61. The lowest BCUT2D eigenvalue weighted by atomic mass is 9.67. The second-order valence-electron chi connectivity index (χ2n) is 17.1. The molecule has 1 saturated carbocycles. The Labute approximate surface area is 365 Å². The number of nitrogens with zero attached hydrogens (tertiary/aromatic N) is 4. The molecule has 1 aromatic rings. The highest BCUT2D eigenvalue weighted by atomic mass is 35.5. The zero-order valence-corrected chi connectivity index (χ0v) is 37.5. The van der Waals surface area contributed by atoms with Crippen LogP contribution in [0.5, 0.6) is 0 Å². The summed E-state index contributed by atoms with van der Waals surface area (Å²) in [7, 11) is 4.40. The number of likely N-dealkylation sites (N-methyl/N-ethyl adjacent to an activating group) is 3. The van der Waals surface area contributed by atoms with Crippen LogP contribution in [0.3, 0.4) is 0 Å². The molecule has 2 heterocycles. The summed E-state index contributed by atoms with van der Waals surface area (Å²) in [6, 6.07) is -2.15. The maximum Gasteiger partial charge on any atom is 0.403 e. The zero-order chi connectivity index (χ0) is 45.6. The minimum atomic E-state index is -4.76. The van der Waals surface area contributed by atoms with Gasteiger partial charge in [0.05, 0.1) is 0 Å². The quantitative estimate of drug-likeness (QED) is 0.311. The molecule has 19 heteroatoms. The Hall–Kier alpha value is -4.12. The smallest absolute Gasteiger partial charge is 0.344 e. The van der Waals surface area contributed by atoms with E-state index in [1.807, 2.05) is 13.8 Å². The van der Waals surface area contributed by atoms with Gasteiger partial charge in [-0.1, -0.05) is 50.4 Å². The standard InChI is InChI=1S/C42H60Cl2F3N7O7/c1-8-29-38(59)51(5)19-10-9-13-31(52(6)37(58)25(4)48-35(56)32-14-11-20-54(32)40(61)41(17-12-18-41)42(45,46)47)34(55)50-30(21-24(2)3)39(60)53(7)33(36(57)49-29)23-26-22-27(43)15-16-28(26)44/h15-16,22,24-25,29-33H,8-14,17-21,23H2,1-7H3,(H,48,56)(H,49,57)(H,50,55)/t25-,29+,30-,31-,32-,33-/m0/s1. The van der Waals surface area contributed by atoms with E-state index >= 15 is 0 Å². The van der Waals surface area contributed by atoms with Gasteiger partial charge in [-0.25, -0.2) is 0 Å². The van der Waals surface area contributed by atoms with E-state index in [0.29, 0.717) is 34.9 Å². The molecule has 3 aliphatic rings. The summed E-state index contributed by atoms with van der Waals surface area (Å²) >= 11 is 12.8. The molecule has 0 unspecified atom stereocenters. The molecule has 0 aromatic heterocycles. The van der Waals surface area contributed by atoms with Crippen molar-refractivity contribution in [2.45, 2.75) is 141 Å². The molecule has 1 aliphatic carbocycles. The van der Waals surface area contributed by atoms with Crippen LogP contribution in [-0.2, 0) is 40.0 Å². The third-order valence-corrected chi connectivity index (χ3v) is 12.9. The Morgan fingerprint density at radius 1 is 0.918 bits per heavy atom. The Bertz CT molecular complexity index is 1810. The predicted molar refractivity (Wildman–Crippen MR) is 223 cm³/mol. The van der Waals surface area contributed by atoms with Crippen LogP contribution >= 0.6 is 23.2 Å². The predicted octanol–water partition coefficient (Wildman–Crippen LogP) is 4.49. The fourth-order valence-electron chi connectivity index (χ4n) is 8.38. The van der Waals surface area contributed by atoms with Crippen LogP contribution in [0.4, 0.5) is 13.2 Å². The summed E-state index contributed by atoms with van der Waals surface area (Å²) in [6.45, 7) is 7.08. The van der Waals surface area contributed by atoms with Crippen molar-refractivity contribution in [2.24, 2.45) is 11.3 Å². The van der Waals surface area contributed by atoms with Crippen LogP contribution in [0.1, 0.15) is 97.5 Å². The maximum absolute atomic E-state index is 14.4. The highest BCUT2D eigenvalue weighted by Crippen LogP contribution is 2.54. The molecule has 0 radical (unpaired) electrons. The van der Waals surface area contributed by atoms with Gasteiger partial charge in [-0.2, -0.15) is 13.2 Å². The maximum atomic E-state index is 14.4. The van der Waals surface area contributed by atoms with Gasteiger partial charge >= 0.3 is 6.18 Å². The molecular weight excluding hydrogens is 842 g/mol. The molecule has 4 rings (SSSR count). The van der Waals surface area contributed by atoms with Crippen LogP contribution in [0, 0.1) is 11.3 Å². The largest absolute Gasteiger partial charge is 0.403 e. The van der Waals surface area contributed by atoms with Crippen LogP contribution in [0.2, 0.25) is 10.0 Å². The molecule has 6 atom stereocenters. The third kappa shape index (κ3) is 11.5. The first-order valence-electron chi connectivity index (χ1n) is 21.1. The van der Waals surface area contributed by atoms with E-state index in [1.54, 1.807) is 32.2 Å². The molecular formula is C42H60Cl2F3N7O7. The molecule has 3 N–H and O–H groups in total. The van der Waals surface area contributed by atoms with Gasteiger partial charge in [0.15, 0.2) is 0 Å². The summed E-state index contributed by atoms with van der Waals surface area (Å²) in [6.07, 6.45) is -3.57. The van der Waals surface area contributed by atoms with E-state index in [4.69, 9.17) is 23.2 Å². The molecule has 340 valence electrons. The van der Waals surface area contributed by atoms with E-state index in [9.17, 15) is 46.7 Å². The van der Waals surface area contributed by atoms with E-state index in [0.717, 1.165) is 9.80 Å². The molecule has 2 saturated heterocycles. The fourth-order valence-corrected chi connectivity index (χ4v) is 8.77. The topological polar surface area (TPSA) is 169 Å². The highest BCUT2D eigenvalue weighted by Gasteiger charge is 2.65. The van der Waals surface area contributed by atoms with Crippen LogP contribution in [0.25, 0.3) is 0 Å². The first-order chi connectivity index (χ1) is 28.5. The number of carbonyl (C=O) groups is 7. The molecule has 14 nitrogen and oxygen atoms in total. The van der Waals surface area contributed by atoms with Gasteiger partial charge in [-0.05, 0) is 94.4 Å². The van der Waals surface area contributed by atoms with Gasteiger partial charge < -0.3 is 35.6 Å². The first-order valence-corrected chi connectivity index (χ1v) is 21.8. The number of amides is 7. The van der Waals surface area contributed by atoms with Crippen molar-refractivity contribution in [3.63, 3.8) is 0 Å². The summed E-state index contributed by atoms with van der Waals surface area (Å²) in [4.78, 5) is 102. The lowest BCUT2D eigenvalue weighted by Gasteiger charge is -2.44. The second kappa shape index (κ2) is 20.8. The average molecular weight is 903 g/mol. The van der Waals surface area contributed by atoms with Gasteiger partial charge in [-0.15, -0.1) is 0 Å². The minimum absolute atomic E-state index is 0.0235. The summed E-state index contributed by atoms with van der Waals surface area (Å²) < 4.78 is 42.2. The third-order valence-electron chi connectivity index (χ3n) is 12.3. The number of hydrogen-bond donors (Lipinski definition) is 3. The van der Waals surface area contributed by atoms with E-state index in [-0.39, 0.29) is 76.3 Å². The van der Waals surface area contributed by atoms with Gasteiger partial charge in [0.25, 0.3) is 0 Å². The van der Waals surface area contributed by atoms with Crippen molar-refractivity contribution in [3.05, 3.63) is 33.8 Å². The summed E-state index contributed by atoms with van der Waals surface area (Å²) in [5.41, 5.74) is -2.04. The molecule has 2 aliphatic heterocycles. The van der Waals surface area contributed by atoms with Crippen molar-refractivity contribution >= 4 is 64.6 Å². The fraction of sp³-hybridized carbons (Fsp3) is 0.690. The van der Waals surface area contributed by atoms with E-state index < -0.39 is 83.3 Å². The summed E-state index contributed by atoms with van der Waals surface area (Å²) in [5, 5.41) is 8.89. The number of rotatable bonds is 10. The van der Waals surface area contributed by atoms with Crippen LogP contribution in [-0.4, -0.2) is 138 Å². The van der Waals surface area contributed by atoms with E-state index in [2.05, 4.69) is 16.0 Å². The molecule has 1 aromatic carbocycles. The first kappa shape index (κ1) is 49.5. The Morgan fingerprint density at radius 2 is 1.57 bits per heavy atom. The number of alkyl halides is 3. The van der Waals surface area contributed by atoms with Crippen LogP contribution in [0.15, 0.2) is 18.2 Å². The minimum Gasteiger partial charge on any atom is -0.344 e.